The van der Waals surface area contributed by atoms with Gasteiger partial charge in [-0.15, -0.1) is 0 Å². The molecule has 0 rings (SSSR count). The summed E-state index contributed by atoms with van der Waals surface area (Å²) in [5.41, 5.74) is 0. The first-order valence-corrected chi connectivity index (χ1v) is 5.35. The summed E-state index contributed by atoms with van der Waals surface area (Å²) < 4.78 is 0. The lowest BCUT2D eigenvalue weighted by Crippen LogP contribution is -1.95. The number of unbranched alkanes of at least 4 members (excludes halogenated alkanes) is 3. The minimum atomic E-state index is 0. The molecule has 0 aromatic rings. The van der Waals surface area contributed by atoms with Crippen LogP contribution < -0.4 is 0 Å². The maximum absolute atomic E-state index is 2.31. The molecule has 0 radical (unpaired) electrons. The minimum Gasteiger partial charge on any atom is -0.0776 e. The van der Waals surface area contributed by atoms with E-state index in [0.29, 0.717) is 0 Å². The summed E-state index contributed by atoms with van der Waals surface area (Å²) in [5.74, 6) is 1.01. The summed E-state index contributed by atoms with van der Waals surface area (Å²) in [5, 5.41) is 0. The van der Waals surface area contributed by atoms with Crippen LogP contribution in [0.5, 0.6) is 0 Å². The summed E-state index contributed by atoms with van der Waals surface area (Å²) >= 11 is 0. The molecule has 0 spiro atoms. The maximum Gasteiger partial charge on any atom is -0.0420 e. The van der Waals surface area contributed by atoms with Gasteiger partial charge in [0.15, 0.2) is 0 Å². The summed E-state index contributed by atoms with van der Waals surface area (Å²) in [6.07, 6.45) is 9.93. The van der Waals surface area contributed by atoms with E-state index in [0.717, 1.165) is 5.92 Å². The van der Waals surface area contributed by atoms with E-state index in [1.165, 1.54) is 44.9 Å². The highest BCUT2D eigenvalue weighted by Crippen LogP contribution is 2.16. The van der Waals surface area contributed by atoms with Crippen LogP contribution in [0.1, 0.15) is 80.6 Å². The fraction of sp³-hybridized carbons (Fsp3) is 1.00. The van der Waals surface area contributed by atoms with Crippen LogP contribution in [0.25, 0.3) is 0 Å². The van der Waals surface area contributed by atoms with Crippen LogP contribution in [0.3, 0.4) is 0 Å². The monoisotopic (exact) mass is 188 g/mol. The quantitative estimate of drug-likeness (QED) is 0.452. The highest BCUT2D eigenvalue weighted by Gasteiger charge is 2.01. The van der Waals surface area contributed by atoms with Crippen LogP contribution in [0.2, 0.25) is 0 Å². The molecule has 0 N–H and O–H groups in total. The molecule has 0 saturated heterocycles. The Kier molecular flexibility index (Phi) is 20.9. The molecule has 0 heterocycles. The van der Waals surface area contributed by atoms with E-state index < -0.39 is 0 Å². The molecule has 0 aromatic heterocycles. The first-order chi connectivity index (χ1) is 5.35. The molecule has 0 aromatic carbocycles. The zero-order valence-electron chi connectivity index (χ0n) is 8.53. The second kappa shape index (κ2) is 14.5. The van der Waals surface area contributed by atoms with Crippen molar-refractivity contribution in [2.75, 3.05) is 0 Å². The smallest absolute Gasteiger partial charge is 0.0420 e. The molecule has 0 fully saturated rings. The maximum atomic E-state index is 2.31. The summed E-state index contributed by atoms with van der Waals surface area (Å²) in [6, 6.07) is 0. The molecule has 0 aliphatic rings. The first kappa shape index (κ1) is 18.7. The van der Waals surface area contributed by atoms with Gasteiger partial charge in [-0.25, -0.2) is 0 Å². The van der Waals surface area contributed by atoms with Crippen molar-refractivity contribution in [3.63, 3.8) is 0 Å². The van der Waals surface area contributed by atoms with Crippen molar-refractivity contribution < 1.29 is 0 Å². The summed E-state index contributed by atoms with van der Waals surface area (Å²) in [6.45, 7) is 6.90. The average molecular weight is 188 g/mol. The molecule has 0 nitrogen and oxygen atoms in total. The Bertz CT molecular complexity index is 62.4. The van der Waals surface area contributed by atoms with Gasteiger partial charge in [0, 0.05) is 0 Å². The minimum absolute atomic E-state index is 0. The topological polar surface area (TPSA) is 0 Å². The third-order valence-electron chi connectivity index (χ3n) is 2.62. The van der Waals surface area contributed by atoms with E-state index in [1.807, 2.05) is 0 Å². The van der Waals surface area contributed by atoms with Crippen molar-refractivity contribution in [1.29, 1.82) is 0 Å². The molecular formula is C13H32. The summed E-state index contributed by atoms with van der Waals surface area (Å²) in [7, 11) is 0. The molecule has 0 bridgehead atoms. The molecule has 0 unspecified atom stereocenters. The predicted molar refractivity (Wildman–Crippen MR) is 66.3 cm³/mol. The van der Waals surface area contributed by atoms with Gasteiger partial charge in [-0.05, 0) is 5.92 Å². The molecule has 0 aliphatic heterocycles. The fourth-order valence-corrected chi connectivity index (χ4v) is 1.56. The van der Waals surface area contributed by atoms with Crippen molar-refractivity contribution in [2.24, 2.45) is 5.92 Å². The Balaban J connectivity index is -0.000000500. The van der Waals surface area contributed by atoms with Crippen LogP contribution in [0.15, 0.2) is 0 Å². The predicted octanol–water partition coefficient (Wildman–Crippen LogP) is 5.67. The molecule has 0 amide bonds. The Morgan fingerprint density at radius 3 is 1.69 bits per heavy atom. The van der Waals surface area contributed by atoms with Crippen LogP contribution in [-0.2, 0) is 0 Å². The van der Waals surface area contributed by atoms with Gasteiger partial charge in [0.05, 0.1) is 0 Å². The highest BCUT2D eigenvalue weighted by molar-refractivity contribution is 4.54. The van der Waals surface area contributed by atoms with E-state index in [1.54, 1.807) is 0 Å². The lowest BCUT2D eigenvalue weighted by Gasteiger charge is -2.10. The standard InChI is InChI=1S/C11H24.2CH4/c1-4-7-8-9-10-11(5-2)6-3;;/h11H,4-10H2,1-3H3;2*1H4. The van der Waals surface area contributed by atoms with Gasteiger partial charge in [-0.2, -0.15) is 0 Å². The van der Waals surface area contributed by atoms with Crippen molar-refractivity contribution in [2.45, 2.75) is 80.6 Å². The number of hydrogen-bond acceptors (Lipinski definition) is 0. The Morgan fingerprint density at radius 2 is 1.31 bits per heavy atom. The van der Waals surface area contributed by atoms with Crippen molar-refractivity contribution in [1.82, 2.24) is 0 Å². The molecule has 13 heavy (non-hydrogen) atoms. The van der Waals surface area contributed by atoms with Crippen molar-refractivity contribution >= 4 is 0 Å². The van der Waals surface area contributed by atoms with E-state index in [-0.39, 0.29) is 14.9 Å². The van der Waals surface area contributed by atoms with E-state index in [2.05, 4.69) is 20.8 Å². The zero-order valence-corrected chi connectivity index (χ0v) is 8.53. The normalized spacial score (nSPS) is 9.23. The molecule has 0 heteroatoms. The SMILES string of the molecule is C.C.CCCCCCC(CC)CC. The van der Waals surface area contributed by atoms with Gasteiger partial charge in [-0.1, -0.05) is 80.6 Å². The van der Waals surface area contributed by atoms with Gasteiger partial charge in [-0.3, -0.25) is 0 Å². The van der Waals surface area contributed by atoms with Gasteiger partial charge >= 0.3 is 0 Å². The van der Waals surface area contributed by atoms with Gasteiger partial charge < -0.3 is 0 Å². The van der Waals surface area contributed by atoms with Gasteiger partial charge in [0.25, 0.3) is 0 Å². The van der Waals surface area contributed by atoms with Crippen LogP contribution in [-0.4, -0.2) is 0 Å². The average Bonchev–Trinajstić information content (AvgIpc) is 2.05. The third-order valence-corrected chi connectivity index (χ3v) is 2.62. The fourth-order valence-electron chi connectivity index (χ4n) is 1.56. The molecule has 84 valence electrons. The number of rotatable bonds is 7. The molecule has 0 aliphatic carbocycles. The molecule has 0 atom stereocenters. The summed E-state index contributed by atoms with van der Waals surface area (Å²) in [4.78, 5) is 0. The van der Waals surface area contributed by atoms with E-state index in [9.17, 15) is 0 Å². The van der Waals surface area contributed by atoms with E-state index in [4.69, 9.17) is 0 Å². The van der Waals surface area contributed by atoms with Gasteiger partial charge in [0.2, 0.25) is 0 Å². The lowest BCUT2D eigenvalue weighted by atomic mass is 9.96. The van der Waals surface area contributed by atoms with E-state index >= 15 is 0 Å². The zero-order chi connectivity index (χ0) is 8.53. The van der Waals surface area contributed by atoms with Crippen LogP contribution in [0, 0.1) is 5.92 Å². The Hall–Kier alpha value is 0. The molecule has 0 saturated carbocycles. The Morgan fingerprint density at radius 1 is 0.769 bits per heavy atom. The third kappa shape index (κ3) is 12.0. The lowest BCUT2D eigenvalue weighted by molar-refractivity contribution is 0.429. The number of hydrogen-bond donors (Lipinski definition) is 0. The van der Waals surface area contributed by atoms with Gasteiger partial charge in [0.1, 0.15) is 0 Å². The van der Waals surface area contributed by atoms with Crippen LogP contribution >= 0.6 is 0 Å². The highest BCUT2D eigenvalue weighted by atomic mass is 14.1. The second-order valence-electron chi connectivity index (χ2n) is 3.53. The molecular weight excluding hydrogens is 156 g/mol. The van der Waals surface area contributed by atoms with Crippen molar-refractivity contribution in [3.8, 4) is 0 Å². The van der Waals surface area contributed by atoms with Crippen molar-refractivity contribution in [3.05, 3.63) is 0 Å². The second-order valence-corrected chi connectivity index (χ2v) is 3.53. The Labute approximate surface area is 87.1 Å². The van der Waals surface area contributed by atoms with Crippen LogP contribution in [0.4, 0.5) is 0 Å². The largest absolute Gasteiger partial charge is 0.0776 e. The first-order valence-electron chi connectivity index (χ1n) is 5.35.